The van der Waals surface area contributed by atoms with Gasteiger partial charge in [-0.15, -0.1) is 0 Å². The third kappa shape index (κ3) is 6.46. The van der Waals surface area contributed by atoms with Crippen LogP contribution in [0.15, 0.2) is 65.9 Å². The molecule has 0 saturated heterocycles. The molecule has 1 aliphatic carbocycles. The number of pyridine rings is 1. The summed E-state index contributed by atoms with van der Waals surface area (Å²) in [6.07, 6.45) is 23.2. The normalized spacial score (nSPS) is 17.3. The average Bonchev–Trinajstić information content (AvgIpc) is 2.88. The molecule has 0 radical (unpaired) electrons. The molecule has 1 atom stereocenters. The van der Waals surface area contributed by atoms with E-state index in [0.29, 0.717) is 6.04 Å². The highest BCUT2D eigenvalue weighted by atomic mass is 15.1. The minimum absolute atomic E-state index is 0.445. The summed E-state index contributed by atoms with van der Waals surface area (Å²) in [6.45, 7) is 6.60. The van der Waals surface area contributed by atoms with Gasteiger partial charge < -0.3 is 11.5 Å². The number of nitrogen functional groups attached to an aromatic ring is 1. The first-order valence-corrected chi connectivity index (χ1v) is 14.2. The van der Waals surface area contributed by atoms with E-state index in [0.717, 1.165) is 30.9 Å². The monoisotopic (exact) mass is 486 g/mol. The quantitative estimate of drug-likeness (QED) is 0.251. The van der Waals surface area contributed by atoms with E-state index in [2.05, 4.69) is 77.6 Å². The molecule has 2 aromatic rings. The van der Waals surface area contributed by atoms with Crippen LogP contribution in [-0.4, -0.2) is 22.9 Å². The van der Waals surface area contributed by atoms with Crippen molar-refractivity contribution in [3.8, 4) is 0 Å². The second kappa shape index (κ2) is 12.9. The summed E-state index contributed by atoms with van der Waals surface area (Å²) in [7, 11) is 0. The number of aromatic nitrogens is 1. The lowest BCUT2D eigenvalue weighted by Gasteiger charge is -2.25. The van der Waals surface area contributed by atoms with Crippen molar-refractivity contribution in [2.45, 2.75) is 97.1 Å². The highest BCUT2D eigenvalue weighted by Crippen LogP contribution is 2.25. The number of nitrogens with zero attached hydrogens (tertiary/aromatic N) is 2. The van der Waals surface area contributed by atoms with Crippen molar-refractivity contribution in [3.63, 3.8) is 0 Å². The van der Waals surface area contributed by atoms with Crippen LogP contribution in [0.4, 0.5) is 5.69 Å². The van der Waals surface area contributed by atoms with Crippen LogP contribution in [0.5, 0.6) is 0 Å². The van der Waals surface area contributed by atoms with Gasteiger partial charge in [0.05, 0.1) is 11.1 Å². The van der Waals surface area contributed by atoms with Crippen LogP contribution >= 0.6 is 0 Å². The first kappa shape index (κ1) is 26.2. The first-order valence-electron chi connectivity index (χ1n) is 14.2. The van der Waals surface area contributed by atoms with Crippen molar-refractivity contribution in [3.05, 3.63) is 71.6 Å². The molecular weight excluding hydrogens is 440 g/mol. The van der Waals surface area contributed by atoms with Crippen LogP contribution in [0.25, 0.3) is 10.9 Å². The number of hydrogen-bond acceptors (Lipinski definition) is 2. The third-order valence-electron chi connectivity index (χ3n) is 7.98. The van der Waals surface area contributed by atoms with Crippen LogP contribution in [0, 0.1) is 6.92 Å². The highest BCUT2D eigenvalue weighted by molar-refractivity contribution is 5.91. The largest absolute Gasteiger partial charge is 0.398 e. The SMILES string of the molecule is CC1=[N+](CCCCCCCCCCCC[n+]2c(C)cc(N)c3ccccc32)C2CC=CC=C2C(N)=C1. The number of unbranched alkanes of at least 4 members (excludes halogenated alkanes) is 9. The summed E-state index contributed by atoms with van der Waals surface area (Å²) in [5, 5.41) is 1.17. The summed E-state index contributed by atoms with van der Waals surface area (Å²) in [6, 6.07) is 11.1. The first-order chi connectivity index (χ1) is 17.6. The van der Waals surface area contributed by atoms with E-state index >= 15 is 0 Å². The van der Waals surface area contributed by atoms with Crippen molar-refractivity contribution < 1.29 is 9.14 Å². The van der Waals surface area contributed by atoms with E-state index in [4.69, 9.17) is 11.5 Å². The Balaban J connectivity index is 1.06. The Morgan fingerprint density at radius 1 is 0.833 bits per heavy atom. The van der Waals surface area contributed by atoms with Crippen molar-refractivity contribution in [2.75, 3.05) is 12.3 Å². The number of aryl methyl sites for hydroxylation is 2. The van der Waals surface area contributed by atoms with Crippen LogP contribution < -0.4 is 16.0 Å². The molecule has 1 aliphatic heterocycles. The van der Waals surface area contributed by atoms with E-state index in [1.807, 2.05) is 0 Å². The van der Waals surface area contributed by atoms with E-state index in [1.54, 1.807) is 0 Å². The number of anilines is 1. The predicted octanol–water partition coefficient (Wildman–Crippen LogP) is 6.50. The average molecular weight is 487 g/mol. The van der Waals surface area contributed by atoms with Gasteiger partial charge in [0, 0.05) is 62.6 Å². The standard InChI is InChI=1S/C32H44N4/c1-25-23-29(33)27-17-11-13-19-31(27)35(25)21-15-9-7-5-3-4-6-8-10-16-22-36-26(2)24-30(34)28-18-12-14-20-32(28)36/h11-14,17-19,23-24,32-34H,3-10,15-16,20-22H2,1-2H3/p+2. The molecule has 0 amide bonds. The molecule has 0 fully saturated rings. The van der Waals surface area contributed by atoms with Gasteiger partial charge in [0.25, 0.3) is 0 Å². The van der Waals surface area contributed by atoms with Crippen molar-refractivity contribution in [1.29, 1.82) is 0 Å². The Morgan fingerprint density at radius 2 is 1.47 bits per heavy atom. The number of benzene rings is 1. The van der Waals surface area contributed by atoms with E-state index in [1.165, 1.54) is 92.1 Å². The van der Waals surface area contributed by atoms with E-state index < -0.39 is 0 Å². The van der Waals surface area contributed by atoms with Gasteiger partial charge in [0.1, 0.15) is 13.1 Å². The summed E-state index contributed by atoms with van der Waals surface area (Å²) in [4.78, 5) is 0. The molecule has 36 heavy (non-hydrogen) atoms. The number of rotatable bonds is 13. The third-order valence-corrected chi connectivity index (χ3v) is 7.98. The molecule has 4 nitrogen and oxygen atoms in total. The topological polar surface area (TPSA) is 58.9 Å². The van der Waals surface area contributed by atoms with Crippen LogP contribution in [0.2, 0.25) is 0 Å². The number of fused-ring (bicyclic) bond motifs is 2. The molecule has 4 rings (SSSR count). The molecule has 0 spiro atoms. The fourth-order valence-electron chi connectivity index (χ4n) is 5.96. The lowest BCUT2D eigenvalue weighted by Crippen LogP contribution is -2.38. The number of allylic oxidation sites excluding steroid dienone is 3. The summed E-state index contributed by atoms with van der Waals surface area (Å²) >= 11 is 0. The Bertz CT molecular complexity index is 1170. The molecule has 4 heteroatoms. The Morgan fingerprint density at radius 3 is 2.19 bits per heavy atom. The van der Waals surface area contributed by atoms with Gasteiger partial charge in [-0.3, -0.25) is 0 Å². The second-order valence-electron chi connectivity index (χ2n) is 10.7. The number of para-hydroxylation sites is 1. The molecule has 2 aliphatic rings. The fraction of sp³-hybridized carbons (Fsp3) is 0.500. The lowest BCUT2D eigenvalue weighted by atomic mass is 9.92. The Hall–Kier alpha value is -2.88. The molecule has 0 saturated carbocycles. The second-order valence-corrected chi connectivity index (χ2v) is 10.7. The smallest absolute Gasteiger partial charge is 0.214 e. The highest BCUT2D eigenvalue weighted by Gasteiger charge is 2.32. The minimum atomic E-state index is 0.445. The molecule has 0 bridgehead atoms. The Labute approximate surface area is 218 Å². The van der Waals surface area contributed by atoms with Crippen LogP contribution in [0.3, 0.4) is 0 Å². The zero-order chi connectivity index (χ0) is 25.3. The van der Waals surface area contributed by atoms with Crippen molar-refractivity contribution >= 4 is 22.3 Å². The summed E-state index contributed by atoms with van der Waals surface area (Å²) in [5.41, 5.74) is 19.5. The van der Waals surface area contributed by atoms with Gasteiger partial charge in [0.15, 0.2) is 17.4 Å². The van der Waals surface area contributed by atoms with Gasteiger partial charge >= 0.3 is 0 Å². The van der Waals surface area contributed by atoms with Crippen molar-refractivity contribution in [2.24, 2.45) is 5.73 Å². The zero-order valence-corrected chi connectivity index (χ0v) is 22.5. The maximum Gasteiger partial charge on any atom is 0.214 e. The molecule has 2 heterocycles. The minimum Gasteiger partial charge on any atom is -0.398 e. The van der Waals surface area contributed by atoms with Gasteiger partial charge in [-0.1, -0.05) is 68.9 Å². The van der Waals surface area contributed by atoms with Crippen LogP contribution in [-0.2, 0) is 6.54 Å². The van der Waals surface area contributed by atoms with E-state index in [9.17, 15) is 0 Å². The van der Waals surface area contributed by atoms with Crippen LogP contribution in [0.1, 0.15) is 83.2 Å². The molecule has 1 aromatic carbocycles. The lowest BCUT2D eigenvalue weighted by molar-refractivity contribution is -0.677. The van der Waals surface area contributed by atoms with Gasteiger partial charge in [-0.05, 0) is 18.9 Å². The summed E-state index contributed by atoms with van der Waals surface area (Å²) in [5.74, 6) is 0. The van der Waals surface area contributed by atoms with Gasteiger partial charge in [-0.25, -0.2) is 4.58 Å². The summed E-state index contributed by atoms with van der Waals surface area (Å²) < 4.78 is 5.00. The van der Waals surface area contributed by atoms with Gasteiger partial charge in [0.2, 0.25) is 5.52 Å². The van der Waals surface area contributed by atoms with Crippen molar-refractivity contribution in [1.82, 2.24) is 0 Å². The zero-order valence-electron chi connectivity index (χ0n) is 22.5. The Kier molecular flexibility index (Phi) is 9.38. The number of hydrogen-bond donors (Lipinski definition) is 2. The van der Waals surface area contributed by atoms with E-state index in [-0.39, 0.29) is 0 Å². The molecule has 1 aromatic heterocycles. The number of nitrogens with two attached hydrogens (primary N) is 2. The predicted molar refractivity (Wildman–Crippen MR) is 153 cm³/mol. The molecule has 1 unspecified atom stereocenters. The maximum atomic E-state index is 6.27. The molecular formula is C32H46N4+2. The fourth-order valence-corrected chi connectivity index (χ4v) is 5.96. The van der Waals surface area contributed by atoms with Gasteiger partial charge in [-0.2, -0.15) is 4.57 Å². The molecule has 192 valence electrons. The maximum absolute atomic E-state index is 6.27. The molecule has 4 N–H and O–H groups in total.